The number of nitrogens with zero attached hydrogens (tertiary/aromatic N) is 3. The van der Waals surface area contributed by atoms with Crippen molar-refractivity contribution in [3.8, 4) is 5.69 Å². The van der Waals surface area contributed by atoms with E-state index in [2.05, 4.69) is 31.3 Å². The van der Waals surface area contributed by atoms with Gasteiger partial charge in [0.2, 0.25) is 15.9 Å². The number of amides is 2. The lowest BCUT2D eigenvalue weighted by atomic mass is 10.0. The maximum Gasteiger partial charge on any atom is 0.306 e. The number of hydrogen-bond acceptors (Lipinski definition) is 7. The summed E-state index contributed by atoms with van der Waals surface area (Å²) in [6.07, 6.45) is 3.33. The van der Waals surface area contributed by atoms with Crippen LogP contribution < -0.4 is 14.9 Å². The van der Waals surface area contributed by atoms with Crippen molar-refractivity contribution < 1.29 is 27.5 Å². The molecular formula is C27H32BrN5O6S. The van der Waals surface area contributed by atoms with Gasteiger partial charge in [-0.25, -0.2) is 13.1 Å². The molecule has 1 aliphatic carbocycles. The first-order valence-corrected chi connectivity index (χ1v) is 15.5. The second-order valence-corrected chi connectivity index (χ2v) is 12.5. The Kier molecular flexibility index (Phi) is 9.14. The van der Waals surface area contributed by atoms with Crippen molar-refractivity contribution in [3.63, 3.8) is 0 Å². The van der Waals surface area contributed by atoms with E-state index in [1.54, 1.807) is 17.8 Å². The standard InChI is InChI=1S/C27H32BrN5O6S/c1-29-27(36)26-21-15-20(17-5-6-17)23(16-22(21)31-33(26)19-9-7-18(28)8-10-19)32(40(3,37)38)14-4-13-30-24(34)11-12-25(35)39-2/h7-10,15-17H,4-6,11-14H2,1-3H3,(H,29,36)(H,30,34). The first kappa shape index (κ1) is 29.5. The Bertz CT molecular complexity index is 1530. The summed E-state index contributed by atoms with van der Waals surface area (Å²) >= 11 is 3.43. The number of fused-ring (bicyclic) bond motifs is 1. The summed E-state index contributed by atoms with van der Waals surface area (Å²) in [6.45, 7) is 0.378. The van der Waals surface area contributed by atoms with E-state index in [9.17, 15) is 22.8 Å². The van der Waals surface area contributed by atoms with Gasteiger partial charge in [0.25, 0.3) is 5.91 Å². The van der Waals surface area contributed by atoms with Crippen LogP contribution in [0.2, 0.25) is 0 Å². The van der Waals surface area contributed by atoms with Gasteiger partial charge in [0, 0.05) is 36.4 Å². The number of aromatic nitrogens is 2. The lowest BCUT2D eigenvalue weighted by molar-refractivity contribution is -0.142. The highest BCUT2D eigenvalue weighted by Crippen LogP contribution is 2.46. The van der Waals surface area contributed by atoms with Crippen LogP contribution in [0.5, 0.6) is 0 Å². The third-order valence-corrected chi connectivity index (χ3v) is 8.37. The maximum absolute atomic E-state index is 13.0. The lowest BCUT2D eigenvalue weighted by Gasteiger charge is -2.25. The predicted molar refractivity (Wildman–Crippen MR) is 155 cm³/mol. The largest absolute Gasteiger partial charge is 0.469 e. The molecule has 1 saturated carbocycles. The SMILES string of the molecule is CNC(=O)c1c2cc(C3CC3)c(N(CCCNC(=O)CCC(=O)OC)S(C)(=O)=O)cc2nn1-c1ccc(Br)cc1. The van der Waals surface area contributed by atoms with Crippen LogP contribution in [0.25, 0.3) is 16.6 Å². The number of hydrogen-bond donors (Lipinski definition) is 2. The molecule has 214 valence electrons. The summed E-state index contributed by atoms with van der Waals surface area (Å²) in [5.41, 5.74) is 2.92. The molecule has 1 heterocycles. The van der Waals surface area contributed by atoms with Gasteiger partial charge in [-0.2, -0.15) is 5.10 Å². The smallest absolute Gasteiger partial charge is 0.306 e. The monoisotopic (exact) mass is 633 g/mol. The fourth-order valence-corrected chi connectivity index (χ4v) is 5.74. The highest BCUT2D eigenvalue weighted by molar-refractivity contribution is 9.10. The van der Waals surface area contributed by atoms with E-state index >= 15 is 0 Å². The summed E-state index contributed by atoms with van der Waals surface area (Å²) in [5, 5.41) is 10.8. The Balaban J connectivity index is 1.67. The number of anilines is 1. The van der Waals surface area contributed by atoms with Crippen LogP contribution in [-0.2, 0) is 24.3 Å². The number of halogens is 1. The molecule has 1 aromatic heterocycles. The van der Waals surface area contributed by atoms with E-state index in [0.717, 1.165) is 29.1 Å². The number of ether oxygens (including phenoxy) is 1. The molecule has 2 amide bonds. The van der Waals surface area contributed by atoms with E-state index < -0.39 is 16.0 Å². The van der Waals surface area contributed by atoms with Crippen molar-refractivity contribution in [3.05, 3.63) is 52.1 Å². The van der Waals surface area contributed by atoms with Gasteiger partial charge in [0.05, 0.1) is 36.7 Å². The Labute approximate surface area is 241 Å². The van der Waals surface area contributed by atoms with Crippen LogP contribution >= 0.6 is 15.9 Å². The van der Waals surface area contributed by atoms with Gasteiger partial charge in [-0.1, -0.05) is 15.9 Å². The molecule has 0 atom stereocenters. The fourth-order valence-electron chi connectivity index (χ4n) is 4.50. The summed E-state index contributed by atoms with van der Waals surface area (Å²) in [5.74, 6) is -0.904. The van der Waals surface area contributed by atoms with Crippen molar-refractivity contribution in [1.82, 2.24) is 20.4 Å². The molecule has 3 aromatic rings. The van der Waals surface area contributed by atoms with E-state index in [-0.39, 0.29) is 43.7 Å². The highest BCUT2D eigenvalue weighted by Gasteiger charge is 2.32. The topological polar surface area (TPSA) is 140 Å². The fraction of sp³-hybridized carbons (Fsp3) is 0.407. The van der Waals surface area contributed by atoms with Crippen LogP contribution in [0.4, 0.5) is 5.69 Å². The van der Waals surface area contributed by atoms with Gasteiger partial charge >= 0.3 is 5.97 Å². The molecule has 2 aromatic carbocycles. The molecule has 0 spiro atoms. The molecule has 0 bridgehead atoms. The molecule has 11 nitrogen and oxygen atoms in total. The van der Waals surface area contributed by atoms with Gasteiger partial charge in [0.15, 0.2) is 0 Å². The number of esters is 1. The maximum atomic E-state index is 13.0. The first-order valence-electron chi connectivity index (χ1n) is 12.9. The second-order valence-electron chi connectivity index (χ2n) is 9.63. The molecule has 0 unspecified atom stereocenters. The number of sulfonamides is 1. The molecule has 0 saturated heterocycles. The normalized spacial score (nSPS) is 13.2. The van der Waals surface area contributed by atoms with Gasteiger partial charge in [-0.15, -0.1) is 0 Å². The van der Waals surface area contributed by atoms with Crippen LogP contribution in [0.1, 0.15) is 54.1 Å². The summed E-state index contributed by atoms with van der Waals surface area (Å²) < 4.78 is 34.3. The number of benzene rings is 2. The molecule has 4 rings (SSSR count). The number of nitrogens with one attached hydrogen (secondary N) is 2. The molecule has 0 aliphatic heterocycles. The zero-order valence-corrected chi connectivity index (χ0v) is 25.0. The van der Waals surface area contributed by atoms with Crippen molar-refractivity contribution in [2.24, 2.45) is 0 Å². The summed E-state index contributed by atoms with van der Waals surface area (Å²) in [7, 11) is -0.861. The number of carbonyl (C=O) groups is 3. The van der Waals surface area contributed by atoms with E-state index in [4.69, 9.17) is 5.10 Å². The van der Waals surface area contributed by atoms with Crippen LogP contribution in [0.3, 0.4) is 0 Å². The summed E-state index contributed by atoms with van der Waals surface area (Å²) in [6, 6.07) is 11.0. The minimum absolute atomic E-state index is 0.000341. The first-order chi connectivity index (χ1) is 19.0. The number of rotatable bonds is 12. The van der Waals surface area contributed by atoms with E-state index in [1.165, 1.54) is 11.4 Å². The van der Waals surface area contributed by atoms with Crippen molar-refractivity contribution in [1.29, 1.82) is 0 Å². The van der Waals surface area contributed by atoms with Crippen molar-refractivity contribution >= 4 is 60.3 Å². The van der Waals surface area contributed by atoms with Crippen LogP contribution in [-0.4, -0.2) is 69.5 Å². The molecule has 2 N–H and O–H groups in total. The minimum atomic E-state index is -3.68. The van der Waals surface area contributed by atoms with Crippen molar-refractivity contribution in [2.75, 3.05) is 37.8 Å². The number of methoxy groups -OCH3 is 1. The van der Waals surface area contributed by atoms with Gasteiger partial charge in [-0.3, -0.25) is 18.7 Å². The third-order valence-electron chi connectivity index (χ3n) is 6.66. The zero-order valence-electron chi connectivity index (χ0n) is 22.6. The van der Waals surface area contributed by atoms with Crippen LogP contribution in [0, 0.1) is 0 Å². The third kappa shape index (κ3) is 6.81. The Morgan fingerprint density at radius 3 is 2.45 bits per heavy atom. The lowest BCUT2D eigenvalue weighted by Crippen LogP contribution is -2.34. The quantitative estimate of drug-likeness (QED) is 0.230. The van der Waals surface area contributed by atoms with Gasteiger partial charge in [0.1, 0.15) is 5.69 Å². The van der Waals surface area contributed by atoms with E-state index in [0.29, 0.717) is 34.4 Å². The zero-order chi connectivity index (χ0) is 29.0. The average Bonchev–Trinajstić information content (AvgIpc) is 3.70. The average molecular weight is 635 g/mol. The number of carbonyl (C=O) groups excluding carboxylic acids is 3. The second kappa shape index (κ2) is 12.4. The van der Waals surface area contributed by atoms with E-state index in [1.807, 2.05) is 30.3 Å². The van der Waals surface area contributed by atoms with Gasteiger partial charge in [-0.05, 0) is 67.1 Å². The predicted octanol–water partition coefficient (Wildman–Crippen LogP) is 3.25. The highest BCUT2D eigenvalue weighted by atomic mass is 79.9. The molecule has 40 heavy (non-hydrogen) atoms. The molecule has 13 heteroatoms. The minimum Gasteiger partial charge on any atom is -0.469 e. The Hall–Kier alpha value is -3.45. The Morgan fingerprint density at radius 1 is 1.15 bits per heavy atom. The molecular weight excluding hydrogens is 602 g/mol. The van der Waals surface area contributed by atoms with Crippen LogP contribution in [0.15, 0.2) is 40.9 Å². The molecule has 1 aliphatic rings. The molecule has 0 radical (unpaired) electrons. The Morgan fingerprint density at radius 2 is 1.85 bits per heavy atom. The van der Waals surface area contributed by atoms with Gasteiger partial charge < -0.3 is 15.4 Å². The summed E-state index contributed by atoms with van der Waals surface area (Å²) in [4.78, 5) is 36.3. The van der Waals surface area contributed by atoms with Crippen molar-refractivity contribution in [2.45, 2.75) is 38.0 Å². The molecule has 1 fully saturated rings.